The third-order valence-corrected chi connectivity index (χ3v) is 4.35. The monoisotopic (exact) mass is 321 g/mol. The van der Waals surface area contributed by atoms with Gasteiger partial charge in [-0.2, -0.15) is 0 Å². The maximum absolute atomic E-state index is 12.6. The quantitative estimate of drug-likeness (QED) is 0.698. The molecule has 0 unspecified atom stereocenters. The van der Waals surface area contributed by atoms with E-state index in [2.05, 4.69) is 4.90 Å². The van der Waals surface area contributed by atoms with E-state index in [0.29, 0.717) is 0 Å². The smallest absolute Gasteiger partial charge is 0.249 e. The molecular formula is C20H23N3O. The summed E-state index contributed by atoms with van der Waals surface area (Å²) in [5.41, 5.74) is 9.51. The lowest BCUT2D eigenvalue weighted by molar-refractivity contribution is -0.127. The summed E-state index contributed by atoms with van der Waals surface area (Å²) in [6.07, 6.45) is 1.95. The van der Waals surface area contributed by atoms with Gasteiger partial charge in [0.2, 0.25) is 5.91 Å². The van der Waals surface area contributed by atoms with Gasteiger partial charge in [0, 0.05) is 43.1 Å². The number of amides is 1. The second-order valence-corrected chi connectivity index (χ2v) is 6.11. The van der Waals surface area contributed by atoms with Crippen molar-refractivity contribution in [2.45, 2.75) is 6.92 Å². The Labute approximate surface area is 143 Å². The SMILES string of the molecule is C/C(=C\c1ccccc1)C(=O)N1CCN(c2ccc(N)cc2)CC1. The fourth-order valence-corrected chi connectivity index (χ4v) is 2.96. The van der Waals surface area contributed by atoms with Gasteiger partial charge in [0.05, 0.1) is 0 Å². The van der Waals surface area contributed by atoms with Crippen molar-refractivity contribution in [3.05, 3.63) is 65.7 Å². The van der Waals surface area contributed by atoms with E-state index in [4.69, 9.17) is 5.73 Å². The third-order valence-electron chi connectivity index (χ3n) is 4.35. The van der Waals surface area contributed by atoms with Gasteiger partial charge < -0.3 is 15.5 Å². The van der Waals surface area contributed by atoms with E-state index in [1.165, 1.54) is 0 Å². The van der Waals surface area contributed by atoms with Crippen LogP contribution >= 0.6 is 0 Å². The van der Waals surface area contributed by atoms with Crippen molar-refractivity contribution >= 4 is 23.4 Å². The van der Waals surface area contributed by atoms with Gasteiger partial charge in [-0.05, 0) is 42.8 Å². The van der Waals surface area contributed by atoms with Crippen LogP contribution < -0.4 is 10.6 Å². The number of carbonyl (C=O) groups is 1. The number of rotatable bonds is 3. The first-order chi connectivity index (χ1) is 11.6. The summed E-state index contributed by atoms with van der Waals surface area (Å²) in [5, 5.41) is 0. The lowest BCUT2D eigenvalue weighted by Gasteiger charge is -2.36. The molecule has 1 saturated heterocycles. The summed E-state index contributed by atoms with van der Waals surface area (Å²) in [6.45, 7) is 5.05. The Balaban J connectivity index is 1.60. The van der Waals surface area contributed by atoms with Crippen LogP contribution in [0.25, 0.3) is 6.08 Å². The van der Waals surface area contributed by atoms with Crippen LogP contribution in [0.15, 0.2) is 60.2 Å². The number of carbonyl (C=O) groups excluding carboxylic acids is 1. The molecule has 1 heterocycles. The number of anilines is 2. The van der Waals surface area contributed by atoms with Gasteiger partial charge in [0.15, 0.2) is 0 Å². The number of benzene rings is 2. The van der Waals surface area contributed by atoms with E-state index >= 15 is 0 Å². The van der Waals surface area contributed by atoms with Crippen LogP contribution in [0.5, 0.6) is 0 Å². The molecule has 3 rings (SSSR count). The predicted molar refractivity (Wildman–Crippen MR) is 99.7 cm³/mol. The lowest BCUT2D eigenvalue weighted by atomic mass is 10.1. The van der Waals surface area contributed by atoms with Gasteiger partial charge in [-0.15, -0.1) is 0 Å². The lowest BCUT2D eigenvalue weighted by Crippen LogP contribution is -2.49. The molecule has 0 atom stereocenters. The fraction of sp³-hybridized carbons (Fsp3) is 0.250. The second kappa shape index (κ2) is 7.21. The Hall–Kier alpha value is -2.75. The number of nitrogens with two attached hydrogens (primary N) is 1. The van der Waals surface area contributed by atoms with Crippen LogP contribution in [0, 0.1) is 0 Å². The molecule has 4 heteroatoms. The molecule has 1 aliphatic heterocycles. The zero-order valence-corrected chi connectivity index (χ0v) is 14.0. The van der Waals surface area contributed by atoms with Crippen LogP contribution in [0.2, 0.25) is 0 Å². The van der Waals surface area contributed by atoms with Crippen molar-refractivity contribution in [1.29, 1.82) is 0 Å². The Morgan fingerprint density at radius 2 is 1.58 bits per heavy atom. The first-order valence-electron chi connectivity index (χ1n) is 8.26. The highest BCUT2D eigenvalue weighted by molar-refractivity contribution is 5.97. The summed E-state index contributed by atoms with van der Waals surface area (Å²) in [6, 6.07) is 17.9. The number of hydrogen-bond acceptors (Lipinski definition) is 3. The van der Waals surface area contributed by atoms with Crippen LogP contribution in [0.1, 0.15) is 12.5 Å². The molecule has 0 aromatic heterocycles. The Morgan fingerprint density at radius 3 is 2.21 bits per heavy atom. The predicted octanol–water partition coefficient (Wildman–Crippen LogP) is 3.02. The van der Waals surface area contributed by atoms with Crippen LogP contribution in [0.3, 0.4) is 0 Å². The molecular weight excluding hydrogens is 298 g/mol. The number of piperazine rings is 1. The van der Waals surface area contributed by atoms with Crippen LogP contribution in [-0.2, 0) is 4.79 Å². The van der Waals surface area contributed by atoms with Crippen molar-refractivity contribution in [1.82, 2.24) is 4.90 Å². The average Bonchev–Trinajstić information content (AvgIpc) is 2.63. The minimum atomic E-state index is 0.121. The molecule has 2 aromatic carbocycles. The topological polar surface area (TPSA) is 49.6 Å². The van der Waals surface area contributed by atoms with E-state index in [0.717, 1.165) is 48.7 Å². The third kappa shape index (κ3) is 3.77. The molecule has 2 aromatic rings. The number of nitrogens with zero attached hydrogens (tertiary/aromatic N) is 2. The molecule has 0 bridgehead atoms. The minimum Gasteiger partial charge on any atom is -0.399 e. The zero-order valence-electron chi connectivity index (χ0n) is 14.0. The maximum Gasteiger partial charge on any atom is 0.249 e. The average molecular weight is 321 g/mol. The normalized spacial score (nSPS) is 15.5. The highest BCUT2D eigenvalue weighted by Gasteiger charge is 2.22. The standard InChI is InChI=1S/C20H23N3O/c1-16(15-17-5-3-2-4-6-17)20(24)23-13-11-22(12-14-23)19-9-7-18(21)8-10-19/h2-10,15H,11-14,21H2,1H3/b16-15+. The molecule has 2 N–H and O–H groups in total. The maximum atomic E-state index is 12.6. The molecule has 0 aliphatic carbocycles. The van der Waals surface area contributed by atoms with Gasteiger partial charge in [-0.1, -0.05) is 30.3 Å². The molecule has 4 nitrogen and oxygen atoms in total. The number of nitrogen functional groups attached to an aromatic ring is 1. The molecule has 24 heavy (non-hydrogen) atoms. The Bertz CT molecular complexity index is 714. The molecule has 1 amide bonds. The molecule has 1 aliphatic rings. The van der Waals surface area contributed by atoms with Crippen molar-refractivity contribution in [3.63, 3.8) is 0 Å². The second-order valence-electron chi connectivity index (χ2n) is 6.11. The molecule has 1 fully saturated rings. The van der Waals surface area contributed by atoms with E-state index in [1.807, 2.05) is 72.5 Å². The summed E-state index contributed by atoms with van der Waals surface area (Å²) in [4.78, 5) is 16.8. The molecule has 124 valence electrons. The summed E-state index contributed by atoms with van der Waals surface area (Å²) < 4.78 is 0. The van der Waals surface area contributed by atoms with Gasteiger partial charge in [0.25, 0.3) is 0 Å². The highest BCUT2D eigenvalue weighted by Crippen LogP contribution is 2.19. The van der Waals surface area contributed by atoms with Gasteiger partial charge in [-0.25, -0.2) is 0 Å². The largest absolute Gasteiger partial charge is 0.399 e. The van der Waals surface area contributed by atoms with Crippen molar-refractivity contribution in [2.75, 3.05) is 36.8 Å². The Morgan fingerprint density at radius 1 is 0.958 bits per heavy atom. The van der Waals surface area contributed by atoms with Crippen molar-refractivity contribution < 1.29 is 4.79 Å². The fourth-order valence-electron chi connectivity index (χ4n) is 2.96. The highest BCUT2D eigenvalue weighted by atomic mass is 16.2. The van der Waals surface area contributed by atoms with Crippen LogP contribution in [0.4, 0.5) is 11.4 Å². The first-order valence-corrected chi connectivity index (χ1v) is 8.26. The van der Waals surface area contributed by atoms with Gasteiger partial charge >= 0.3 is 0 Å². The van der Waals surface area contributed by atoms with E-state index in [-0.39, 0.29) is 5.91 Å². The van der Waals surface area contributed by atoms with Gasteiger partial charge in [-0.3, -0.25) is 4.79 Å². The zero-order chi connectivity index (χ0) is 16.9. The van der Waals surface area contributed by atoms with E-state index in [9.17, 15) is 4.79 Å². The minimum absolute atomic E-state index is 0.121. The van der Waals surface area contributed by atoms with Crippen molar-refractivity contribution in [3.8, 4) is 0 Å². The molecule has 0 radical (unpaired) electrons. The molecule has 0 spiro atoms. The van der Waals surface area contributed by atoms with Crippen molar-refractivity contribution in [2.24, 2.45) is 0 Å². The van der Waals surface area contributed by atoms with E-state index in [1.54, 1.807) is 0 Å². The summed E-state index contributed by atoms with van der Waals surface area (Å²) in [5.74, 6) is 0.121. The molecule has 0 saturated carbocycles. The summed E-state index contributed by atoms with van der Waals surface area (Å²) in [7, 11) is 0. The van der Waals surface area contributed by atoms with E-state index < -0.39 is 0 Å². The number of hydrogen-bond donors (Lipinski definition) is 1. The Kier molecular flexibility index (Phi) is 4.85. The van der Waals surface area contributed by atoms with Gasteiger partial charge in [0.1, 0.15) is 0 Å². The summed E-state index contributed by atoms with van der Waals surface area (Å²) >= 11 is 0. The van der Waals surface area contributed by atoms with Crippen LogP contribution in [-0.4, -0.2) is 37.0 Å². The first kappa shape index (κ1) is 16.1.